The number of rotatable bonds is 0. The van der Waals surface area contributed by atoms with Crippen LogP contribution in [0.15, 0.2) is 41.2 Å². The molecule has 1 heterocycles. The first-order valence-corrected chi connectivity index (χ1v) is 3.44. The van der Waals surface area contributed by atoms with E-state index in [0.29, 0.717) is 0 Å². The fourth-order valence-electron chi connectivity index (χ4n) is 1.10. The van der Waals surface area contributed by atoms with Crippen LogP contribution in [0, 0.1) is 7.43 Å². The standard InChI is InChI=1S/C9H7NO.C/c11-9-6-5-7-3-1-2-4-8(7)10-9;/h1-6H,(H,10,11);. The molecule has 0 spiro atoms. The fraction of sp³-hybridized carbons (Fsp3) is 0. The Morgan fingerprint density at radius 1 is 1.00 bits per heavy atom. The Labute approximate surface area is 70.9 Å². The minimum atomic E-state index is -0.0521. The van der Waals surface area contributed by atoms with Crippen LogP contribution in [-0.4, -0.2) is 4.98 Å². The second-order valence-electron chi connectivity index (χ2n) is 2.41. The lowest BCUT2D eigenvalue weighted by atomic mass is 10.2. The molecule has 0 aliphatic rings. The van der Waals surface area contributed by atoms with E-state index in [1.165, 1.54) is 6.07 Å². The molecule has 0 amide bonds. The molecule has 0 aliphatic heterocycles. The molecule has 0 unspecified atom stereocenters. The minimum absolute atomic E-state index is 0. The van der Waals surface area contributed by atoms with Crippen LogP contribution in [0.25, 0.3) is 10.9 Å². The van der Waals surface area contributed by atoms with Gasteiger partial charge in [0.15, 0.2) is 0 Å². The molecule has 0 bridgehead atoms. The Morgan fingerprint density at radius 2 is 1.75 bits per heavy atom. The summed E-state index contributed by atoms with van der Waals surface area (Å²) in [7, 11) is 0. The molecule has 1 N–H and O–H groups in total. The molecule has 0 fully saturated rings. The fourth-order valence-corrected chi connectivity index (χ4v) is 1.10. The molecule has 0 aliphatic carbocycles. The van der Waals surface area contributed by atoms with Gasteiger partial charge < -0.3 is 4.98 Å². The minimum Gasteiger partial charge on any atom is -0.322 e. The van der Waals surface area contributed by atoms with Crippen molar-refractivity contribution in [2.45, 2.75) is 0 Å². The van der Waals surface area contributed by atoms with Crippen molar-refractivity contribution in [2.75, 3.05) is 0 Å². The maximum absolute atomic E-state index is 10.8. The number of pyridine rings is 1. The van der Waals surface area contributed by atoms with Gasteiger partial charge in [0, 0.05) is 19.0 Å². The van der Waals surface area contributed by atoms with E-state index in [-0.39, 0.29) is 13.0 Å². The van der Waals surface area contributed by atoms with Crippen molar-refractivity contribution >= 4 is 10.9 Å². The Balaban J connectivity index is 0.000000720. The molecule has 4 radical (unpaired) electrons. The molecule has 12 heavy (non-hydrogen) atoms. The van der Waals surface area contributed by atoms with Crippen molar-refractivity contribution in [1.29, 1.82) is 0 Å². The van der Waals surface area contributed by atoms with Crippen LogP contribution in [0.2, 0.25) is 0 Å². The van der Waals surface area contributed by atoms with Crippen LogP contribution < -0.4 is 5.56 Å². The van der Waals surface area contributed by atoms with Gasteiger partial charge in [-0.2, -0.15) is 0 Å². The summed E-state index contributed by atoms with van der Waals surface area (Å²) in [6.45, 7) is 0. The lowest BCUT2D eigenvalue weighted by Crippen LogP contribution is -2.01. The number of aromatic nitrogens is 1. The van der Waals surface area contributed by atoms with E-state index in [4.69, 9.17) is 0 Å². The normalized spacial score (nSPS) is 9.33. The summed E-state index contributed by atoms with van der Waals surface area (Å²) in [5, 5.41) is 1.06. The highest BCUT2D eigenvalue weighted by Gasteiger charge is 1.89. The molecule has 1 aromatic heterocycles. The third kappa shape index (κ3) is 1.37. The zero-order chi connectivity index (χ0) is 7.68. The molecule has 0 saturated heterocycles. The van der Waals surface area contributed by atoms with E-state index in [1.54, 1.807) is 0 Å². The third-order valence-corrected chi connectivity index (χ3v) is 1.63. The zero-order valence-electron chi connectivity index (χ0n) is 6.37. The summed E-state index contributed by atoms with van der Waals surface area (Å²) in [6.07, 6.45) is 0. The van der Waals surface area contributed by atoms with Gasteiger partial charge in [0.1, 0.15) is 0 Å². The summed E-state index contributed by atoms with van der Waals surface area (Å²) in [6, 6.07) is 11.0. The smallest absolute Gasteiger partial charge is 0.248 e. The quantitative estimate of drug-likeness (QED) is 0.619. The number of para-hydroxylation sites is 1. The van der Waals surface area contributed by atoms with Gasteiger partial charge in [-0.05, 0) is 17.5 Å². The Kier molecular flexibility index (Phi) is 2.29. The van der Waals surface area contributed by atoms with Crippen molar-refractivity contribution in [2.24, 2.45) is 0 Å². The van der Waals surface area contributed by atoms with E-state index in [2.05, 4.69) is 4.98 Å². The van der Waals surface area contributed by atoms with Gasteiger partial charge in [0.25, 0.3) is 0 Å². The molecule has 2 nitrogen and oxygen atoms in total. The molecule has 2 rings (SSSR count). The lowest BCUT2D eigenvalue weighted by molar-refractivity contribution is 1.31. The summed E-state index contributed by atoms with van der Waals surface area (Å²) < 4.78 is 0. The lowest BCUT2D eigenvalue weighted by Gasteiger charge is -1.93. The van der Waals surface area contributed by atoms with Crippen LogP contribution in [-0.2, 0) is 0 Å². The van der Waals surface area contributed by atoms with Crippen LogP contribution in [0.4, 0.5) is 0 Å². The van der Waals surface area contributed by atoms with E-state index < -0.39 is 0 Å². The number of benzene rings is 1. The molecular formula is C10H7NO. The van der Waals surface area contributed by atoms with Crippen molar-refractivity contribution in [3.63, 3.8) is 0 Å². The number of hydrogen-bond donors (Lipinski definition) is 1. The van der Waals surface area contributed by atoms with E-state index in [0.717, 1.165) is 10.9 Å². The van der Waals surface area contributed by atoms with E-state index in [1.807, 2.05) is 30.3 Å². The molecule has 2 aromatic rings. The van der Waals surface area contributed by atoms with Crippen LogP contribution in [0.5, 0.6) is 0 Å². The van der Waals surface area contributed by atoms with Gasteiger partial charge in [-0.15, -0.1) is 0 Å². The Hall–Kier alpha value is -1.57. The van der Waals surface area contributed by atoms with E-state index >= 15 is 0 Å². The van der Waals surface area contributed by atoms with Gasteiger partial charge in [-0.25, -0.2) is 0 Å². The van der Waals surface area contributed by atoms with Gasteiger partial charge >= 0.3 is 0 Å². The molecule has 58 valence electrons. The van der Waals surface area contributed by atoms with Crippen molar-refractivity contribution < 1.29 is 0 Å². The maximum atomic E-state index is 10.8. The topological polar surface area (TPSA) is 32.9 Å². The zero-order valence-corrected chi connectivity index (χ0v) is 6.37. The predicted octanol–water partition coefficient (Wildman–Crippen LogP) is 1.61. The predicted molar refractivity (Wildman–Crippen MR) is 47.8 cm³/mol. The van der Waals surface area contributed by atoms with Crippen LogP contribution in [0.1, 0.15) is 0 Å². The monoisotopic (exact) mass is 157 g/mol. The third-order valence-electron chi connectivity index (χ3n) is 1.63. The van der Waals surface area contributed by atoms with E-state index in [9.17, 15) is 4.79 Å². The number of nitrogens with one attached hydrogen (secondary N) is 1. The summed E-state index contributed by atoms with van der Waals surface area (Å²) in [5.74, 6) is 0. The van der Waals surface area contributed by atoms with Gasteiger partial charge in [0.2, 0.25) is 5.56 Å². The number of hydrogen-bond acceptors (Lipinski definition) is 1. The second kappa shape index (κ2) is 3.22. The van der Waals surface area contributed by atoms with Crippen molar-refractivity contribution in [1.82, 2.24) is 4.98 Å². The highest BCUT2D eigenvalue weighted by molar-refractivity contribution is 5.77. The highest BCUT2D eigenvalue weighted by Crippen LogP contribution is 2.06. The summed E-state index contributed by atoms with van der Waals surface area (Å²) in [4.78, 5) is 13.6. The van der Waals surface area contributed by atoms with Gasteiger partial charge in [-0.1, -0.05) is 18.2 Å². The molecule has 1 aromatic carbocycles. The number of H-pyrrole nitrogens is 1. The first kappa shape index (κ1) is 8.53. The molecule has 0 atom stereocenters. The second-order valence-corrected chi connectivity index (χ2v) is 2.41. The summed E-state index contributed by atoms with van der Waals surface area (Å²) in [5.41, 5.74) is 0.837. The molecule has 0 saturated carbocycles. The number of aromatic amines is 1. The van der Waals surface area contributed by atoms with Crippen molar-refractivity contribution in [3.8, 4) is 0 Å². The van der Waals surface area contributed by atoms with Gasteiger partial charge in [-0.3, -0.25) is 4.79 Å². The number of fused-ring (bicyclic) bond motifs is 1. The average Bonchev–Trinajstić information content (AvgIpc) is 2.04. The van der Waals surface area contributed by atoms with Crippen LogP contribution >= 0.6 is 0 Å². The first-order chi connectivity index (χ1) is 5.36. The first-order valence-electron chi connectivity index (χ1n) is 3.44. The average molecular weight is 157 g/mol. The molecule has 2 heteroatoms. The Morgan fingerprint density at radius 3 is 2.58 bits per heavy atom. The maximum Gasteiger partial charge on any atom is 0.248 e. The largest absolute Gasteiger partial charge is 0.322 e. The SMILES string of the molecule is O=c1ccc2ccccc2[nH]1.[C]. The molecular weight excluding hydrogens is 150 g/mol. The van der Waals surface area contributed by atoms with Gasteiger partial charge in [0.05, 0.1) is 0 Å². The Bertz CT molecular complexity index is 431. The summed E-state index contributed by atoms with van der Waals surface area (Å²) >= 11 is 0. The van der Waals surface area contributed by atoms with Crippen molar-refractivity contribution in [3.05, 3.63) is 54.2 Å². The van der Waals surface area contributed by atoms with Crippen LogP contribution in [0.3, 0.4) is 0 Å². The highest BCUT2D eigenvalue weighted by atomic mass is 16.1.